The van der Waals surface area contributed by atoms with Gasteiger partial charge in [0.05, 0.1) is 0 Å². The Bertz CT molecular complexity index is 360. The van der Waals surface area contributed by atoms with Gasteiger partial charge < -0.3 is 5.32 Å². The Labute approximate surface area is 97.5 Å². The molecule has 2 aliphatic rings. The average Bonchev–Trinajstić information content (AvgIpc) is 2.21. The Morgan fingerprint density at radius 3 is 2.44 bits per heavy atom. The van der Waals surface area contributed by atoms with E-state index in [0.29, 0.717) is 5.41 Å². The molecule has 2 nitrogen and oxygen atoms in total. The van der Waals surface area contributed by atoms with Crippen molar-refractivity contribution >= 4 is 0 Å². The van der Waals surface area contributed by atoms with E-state index in [-0.39, 0.29) is 0 Å². The summed E-state index contributed by atoms with van der Waals surface area (Å²) in [6.45, 7) is 1.11. The maximum Gasteiger partial charge on any atom is 0.0270 e. The zero-order valence-electron chi connectivity index (χ0n) is 10.00. The maximum atomic E-state index is 4.13. The van der Waals surface area contributed by atoms with Crippen LogP contribution in [0.25, 0.3) is 0 Å². The Morgan fingerprint density at radius 1 is 1.25 bits per heavy atom. The fourth-order valence-corrected chi connectivity index (χ4v) is 3.89. The van der Waals surface area contributed by atoms with Gasteiger partial charge in [-0.25, -0.2) is 0 Å². The third-order valence-electron chi connectivity index (χ3n) is 4.65. The van der Waals surface area contributed by atoms with Crippen LogP contribution < -0.4 is 5.32 Å². The van der Waals surface area contributed by atoms with Crippen LogP contribution in [0, 0.1) is 5.41 Å². The molecule has 0 aromatic carbocycles. The number of aromatic nitrogens is 1. The quantitative estimate of drug-likeness (QED) is 0.839. The topological polar surface area (TPSA) is 24.9 Å². The lowest BCUT2D eigenvalue weighted by molar-refractivity contribution is -0.0475. The summed E-state index contributed by atoms with van der Waals surface area (Å²) in [6.07, 6.45) is 11.0. The highest BCUT2D eigenvalue weighted by atomic mass is 14.9. The molecule has 0 saturated heterocycles. The maximum absolute atomic E-state index is 4.13. The molecular formula is C14H20N2. The fraction of sp³-hybridized carbons (Fsp3) is 0.643. The van der Waals surface area contributed by atoms with Crippen molar-refractivity contribution in [3.05, 3.63) is 30.1 Å². The van der Waals surface area contributed by atoms with Gasteiger partial charge >= 0.3 is 0 Å². The standard InChI is InChI=1S/C14H20N2/c1-15-11-14(12-3-7-16-8-4-12)9-13(10-14)5-2-6-13/h3-4,7-8,15H,2,5-6,9-11H2,1H3. The van der Waals surface area contributed by atoms with Crippen molar-refractivity contribution in [3.63, 3.8) is 0 Å². The Morgan fingerprint density at radius 2 is 1.94 bits per heavy atom. The van der Waals surface area contributed by atoms with E-state index in [1.165, 1.54) is 37.7 Å². The summed E-state index contributed by atoms with van der Waals surface area (Å²) >= 11 is 0. The number of pyridine rings is 1. The van der Waals surface area contributed by atoms with Gasteiger partial charge in [0.25, 0.3) is 0 Å². The van der Waals surface area contributed by atoms with Crippen molar-refractivity contribution in [2.75, 3.05) is 13.6 Å². The first kappa shape index (κ1) is 10.3. The SMILES string of the molecule is CNCC1(c2ccncc2)CC2(CCC2)C1. The van der Waals surface area contributed by atoms with Crippen LogP contribution in [-0.2, 0) is 5.41 Å². The molecular weight excluding hydrogens is 196 g/mol. The average molecular weight is 216 g/mol. The van der Waals surface area contributed by atoms with E-state index in [1.807, 2.05) is 12.4 Å². The van der Waals surface area contributed by atoms with E-state index in [2.05, 4.69) is 29.5 Å². The van der Waals surface area contributed by atoms with Gasteiger partial charge in [-0.15, -0.1) is 0 Å². The number of hydrogen-bond acceptors (Lipinski definition) is 2. The van der Waals surface area contributed by atoms with Crippen molar-refractivity contribution in [2.24, 2.45) is 5.41 Å². The molecule has 1 N–H and O–H groups in total. The Kier molecular flexibility index (Phi) is 2.28. The van der Waals surface area contributed by atoms with Crippen LogP contribution in [0.4, 0.5) is 0 Å². The van der Waals surface area contributed by atoms with Crippen molar-refractivity contribution < 1.29 is 0 Å². The molecule has 1 aromatic heterocycles. The number of nitrogens with one attached hydrogen (secondary N) is 1. The predicted molar refractivity (Wildman–Crippen MR) is 65.4 cm³/mol. The highest BCUT2D eigenvalue weighted by Crippen LogP contribution is 2.64. The second kappa shape index (κ2) is 3.56. The molecule has 3 rings (SSSR count). The molecule has 0 radical (unpaired) electrons. The second-order valence-corrected chi connectivity index (χ2v) is 5.75. The molecule has 2 saturated carbocycles. The summed E-state index contributed by atoms with van der Waals surface area (Å²) in [5, 5.41) is 3.37. The second-order valence-electron chi connectivity index (χ2n) is 5.75. The van der Waals surface area contributed by atoms with E-state index in [4.69, 9.17) is 0 Å². The monoisotopic (exact) mass is 216 g/mol. The molecule has 0 atom stereocenters. The highest BCUT2D eigenvalue weighted by molar-refractivity contribution is 5.30. The van der Waals surface area contributed by atoms with Crippen LogP contribution in [0.5, 0.6) is 0 Å². The summed E-state index contributed by atoms with van der Waals surface area (Å²) < 4.78 is 0. The lowest BCUT2D eigenvalue weighted by atomic mass is 9.44. The Hall–Kier alpha value is -0.890. The number of likely N-dealkylation sites (N-methyl/N-ethyl adjacent to an activating group) is 1. The zero-order valence-corrected chi connectivity index (χ0v) is 10.00. The molecule has 2 aliphatic carbocycles. The first-order valence-corrected chi connectivity index (χ1v) is 6.34. The summed E-state index contributed by atoms with van der Waals surface area (Å²) in [4.78, 5) is 4.13. The molecule has 0 unspecified atom stereocenters. The zero-order chi connectivity index (χ0) is 11.1. The normalized spacial score (nSPS) is 24.8. The fourth-order valence-electron chi connectivity index (χ4n) is 3.89. The van der Waals surface area contributed by atoms with Gasteiger partial charge in [0, 0.05) is 24.4 Å². The van der Waals surface area contributed by atoms with Crippen LogP contribution in [0.2, 0.25) is 0 Å². The van der Waals surface area contributed by atoms with Crippen LogP contribution >= 0.6 is 0 Å². The van der Waals surface area contributed by atoms with Gasteiger partial charge in [0.15, 0.2) is 0 Å². The van der Waals surface area contributed by atoms with Crippen molar-refractivity contribution in [2.45, 2.75) is 37.5 Å². The minimum Gasteiger partial charge on any atom is -0.319 e. The van der Waals surface area contributed by atoms with Crippen LogP contribution in [-0.4, -0.2) is 18.6 Å². The first-order valence-electron chi connectivity index (χ1n) is 6.34. The van der Waals surface area contributed by atoms with E-state index in [0.717, 1.165) is 12.0 Å². The smallest absolute Gasteiger partial charge is 0.0270 e. The van der Waals surface area contributed by atoms with Gasteiger partial charge in [-0.2, -0.15) is 0 Å². The lowest BCUT2D eigenvalue weighted by Crippen LogP contribution is -2.57. The molecule has 86 valence electrons. The third-order valence-corrected chi connectivity index (χ3v) is 4.65. The van der Waals surface area contributed by atoms with E-state index >= 15 is 0 Å². The summed E-state index contributed by atoms with van der Waals surface area (Å²) in [7, 11) is 2.06. The van der Waals surface area contributed by atoms with Gasteiger partial charge in [-0.1, -0.05) is 6.42 Å². The number of rotatable bonds is 3. The van der Waals surface area contributed by atoms with Crippen LogP contribution in [0.3, 0.4) is 0 Å². The third kappa shape index (κ3) is 1.40. The molecule has 2 fully saturated rings. The van der Waals surface area contributed by atoms with Crippen molar-refractivity contribution in [3.8, 4) is 0 Å². The molecule has 0 amide bonds. The minimum atomic E-state index is 0.401. The highest BCUT2D eigenvalue weighted by Gasteiger charge is 2.56. The lowest BCUT2D eigenvalue weighted by Gasteiger charge is -2.61. The van der Waals surface area contributed by atoms with Gasteiger partial charge in [0.2, 0.25) is 0 Å². The molecule has 1 spiro atoms. The molecule has 0 bridgehead atoms. The van der Waals surface area contributed by atoms with Crippen LogP contribution in [0.1, 0.15) is 37.7 Å². The molecule has 1 heterocycles. The van der Waals surface area contributed by atoms with Crippen molar-refractivity contribution in [1.82, 2.24) is 10.3 Å². The van der Waals surface area contributed by atoms with Gasteiger partial charge in [-0.3, -0.25) is 4.98 Å². The molecule has 0 aliphatic heterocycles. The van der Waals surface area contributed by atoms with E-state index in [9.17, 15) is 0 Å². The number of nitrogens with zero attached hydrogens (tertiary/aromatic N) is 1. The molecule has 2 heteroatoms. The first-order chi connectivity index (χ1) is 7.79. The van der Waals surface area contributed by atoms with Crippen molar-refractivity contribution in [1.29, 1.82) is 0 Å². The Balaban J connectivity index is 1.83. The number of hydrogen-bond donors (Lipinski definition) is 1. The summed E-state index contributed by atoms with van der Waals surface area (Å²) in [6, 6.07) is 4.39. The minimum absolute atomic E-state index is 0.401. The van der Waals surface area contributed by atoms with Gasteiger partial charge in [0.1, 0.15) is 0 Å². The van der Waals surface area contributed by atoms with Crippen LogP contribution in [0.15, 0.2) is 24.5 Å². The van der Waals surface area contributed by atoms with Gasteiger partial charge in [-0.05, 0) is 55.8 Å². The summed E-state index contributed by atoms with van der Waals surface area (Å²) in [5.74, 6) is 0. The summed E-state index contributed by atoms with van der Waals surface area (Å²) in [5.41, 5.74) is 2.60. The van der Waals surface area contributed by atoms with E-state index in [1.54, 1.807) is 0 Å². The predicted octanol–water partition coefficient (Wildman–Crippen LogP) is 2.50. The molecule has 1 aromatic rings. The largest absolute Gasteiger partial charge is 0.319 e. The molecule has 16 heavy (non-hydrogen) atoms. The van der Waals surface area contributed by atoms with E-state index < -0.39 is 0 Å².